The van der Waals surface area contributed by atoms with Gasteiger partial charge >= 0.3 is 0 Å². The van der Waals surface area contributed by atoms with E-state index in [4.69, 9.17) is 5.84 Å². The zero-order valence-electron chi connectivity index (χ0n) is 11.6. The molecule has 1 atom stereocenters. The lowest BCUT2D eigenvalue weighted by molar-refractivity contribution is 0.0698. The van der Waals surface area contributed by atoms with Crippen LogP contribution in [0.15, 0.2) is 12.3 Å². The number of nitrogens with one attached hydrogen (secondary N) is 1. The summed E-state index contributed by atoms with van der Waals surface area (Å²) in [5, 5.41) is 0. The Balaban J connectivity index is 2.27. The van der Waals surface area contributed by atoms with Crippen LogP contribution in [0.25, 0.3) is 0 Å². The number of aromatic nitrogens is 1. The van der Waals surface area contributed by atoms with Crippen LogP contribution in [0.2, 0.25) is 0 Å². The Kier molecular flexibility index (Phi) is 4.37. The van der Waals surface area contributed by atoms with Crippen molar-refractivity contribution < 1.29 is 4.79 Å². The van der Waals surface area contributed by atoms with Crippen LogP contribution in [0.4, 0.5) is 5.69 Å². The SMILES string of the molecule is Cc1cc(NN)c(C(=O)N2CCCCCC2C)cn1. The average molecular weight is 262 g/mol. The molecule has 2 heterocycles. The lowest BCUT2D eigenvalue weighted by atomic mass is 10.1. The zero-order valence-corrected chi connectivity index (χ0v) is 11.6. The Morgan fingerprint density at radius 2 is 2.26 bits per heavy atom. The highest BCUT2D eigenvalue weighted by Crippen LogP contribution is 2.22. The second-order valence-corrected chi connectivity index (χ2v) is 5.21. The van der Waals surface area contributed by atoms with Crippen LogP contribution in [0, 0.1) is 6.92 Å². The van der Waals surface area contributed by atoms with Crippen LogP contribution in [-0.2, 0) is 0 Å². The third-order valence-electron chi connectivity index (χ3n) is 3.74. The molecule has 0 radical (unpaired) electrons. The number of aryl methyl sites for hydroxylation is 1. The fraction of sp³-hybridized carbons (Fsp3) is 0.571. The van der Waals surface area contributed by atoms with E-state index >= 15 is 0 Å². The summed E-state index contributed by atoms with van der Waals surface area (Å²) in [5.74, 6) is 5.53. The minimum atomic E-state index is 0.0230. The molecule has 5 heteroatoms. The summed E-state index contributed by atoms with van der Waals surface area (Å²) in [6.45, 7) is 4.81. The van der Waals surface area contributed by atoms with Crippen molar-refractivity contribution in [1.29, 1.82) is 0 Å². The first-order valence-corrected chi connectivity index (χ1v) is 6.87. The molecule has 19 heavy (non-hydrogen) atoms. The average Bonchev–Trinajstić information content (AvgIpc) is 2.62. The summed E-state index contributed by atoms with van der Waals surface area (Å²) in [6, 6.07) is 2.08. The number of carbonyl (C=O) groups excluding carboxylic acids is 1. The lowest BCUT2D eigenvalue weighted by Crippen LogP contribution is -2.38. The van der Waals surface area contributed by atoms with Crippen molar-refractivity contribution in [2.75, 3.05) is 12.0 Å². The Hall–Kier alpha value is -1.62. The van der Waals surface area contributed by atoms with Gasteiger partial charge in [-0.25, -0.2) is 0 Å². The van der Waals surface area contributed by atoms with Crippen molar-refractivity contribution in [3.8, 4) is 0 Å². The second-order valence-electron chi connectivity index (χ2n) is 5.21. The first-order valence-electron chi connectivity index (χ1n) is 6.87. The molecule has 1 aliphatic rings. The molecule has 5 nitrogen and oxygen atoms in total. The molecule has 0 saturated carbocycles. The monoisotopic (exact) mass is 262 g/mol. The fourth-order valence-electron chi connectivity index (χ4n) is 2.58. The predicted octanol–water partition coefficient (Wildman–Crippen LogP) is 2.08. The van der Waals surface area contributed by atoms with E-state index in [1.54, 1.807) is 12.3 Å². The molecular weight excluding hydrogens is 240 g/mol. The normalized spacial score (nSPS) is 19.9. The van der Waals surface area contributed by atoms with Gasteiger partial charge in [0.15, 0.2) is 0 Å². The van der Waals surface area contributed by atoms with Gasteiger partial charge in [-0.1, -0.05) is 12.8 Å². The molecule has 1 aromatic heterocycles. The largest absolute Gasteiger partial charge is 0.336 e. The van der Waals surface area contributed by atoms with Crippen LogP contribution in [-0.4, -0.2) is 28.4 Å². The summed E-state index contributed by atoms with van der Waals surface area (Å²) in [4.78, 5) is 18.8. The Bertz CT molecular complexity index is 461. The van der Waals surface area contributed by atoms with E-state index in [2.05, 4.69) is 17.3 Å². The number of nitrogens with two attached hydrogens (primary N) is 1. The predicted molar refractivity (Wildman–Crippen MR) is 75.8 cm³/mol. The summed E-state index contributed by atoms with van der Waals surface area (Å²) in [5.41, 5.74) is 4.64. The summed E-state index contributed by atoms with van der Waals surface area (Å²) in [7, 11) is 0. The quantitative estimate of drug-likeness (QED) is 0.632. The molecule has 1 aliphatic heterocycles. The maximum absolute atomic E-state index is 12.6. The van der Waals surface area contributed by atoms with Crippen LogP contribution in [0.1, 0.15) is 48.7 Å². The first kappa shape index (κ1) is 13.8. The first-order chi connectivity index (χ1) is 9.13. The standard InChI is InChI=1S/C14H22N4O/c1-10-8-13(17-15)12(9-16-10)14(19)18-7-5-3-4-6-11(18)2/h8-9,11H,3-7,15H2,1-2H3,(H,16,17). The lowest BCUT2D eigenvalue weighted by Gasteiger charge is -2.27. The minimum absolute atomic E-state index is 0.0230. The third-order valence-corrected chi connectivity index (χ3v) is 3.74. The van der Waals surface area contributed by atoms with Gasteiger partial charge in [-0.05, 0) is 32.8 Å². The molecule has 2 rings (SSSR count). The van der Waals surface area contributed by atoms with Crippen LogP contribution in [0.3, 0.4) is 0 Å². The van der Waals surface area contributed by atoms with E-state index in [0.29, 0.717) is 11.3 Å². The van der Waals surface area contributed by atoms with Crippen LogP contribution >= 0.6 is 0 Å². The highest BCUT2D eigenvalue weighted by Gasteiger charge is 2.25. The van der Waals surface area contributed by atoms with Crippen molar-refractivity contribution in [3.63, 3.8) is 0 Å². The Labute approximate surface area is 114 Å². The number of nitrogen functional groups attached to an aromatic ring is 1. The van der Waals surface area contributed by atoms with Crippen molar-refractivity contribution in [2.24, 2.45) is 5.84 Å². The number of hydrogen-bond donors (Lipinski definition) is 2. The molecule has 1 fully saturated rings. The van der Waals surface area contributed by atoms with Gasteiger partial charge in [-0.15, -0.1) is 0 Å². The van der Waals surface area contributed by atoms with Crippen molar-refractivity contribution in [1.82, 2.24) is 9.88 Å². The molecule has 1 unspecified atom stereocenters. The number of hydrogen-bond acceptors (Lipinski definition) is 4. The van der Waals surface area contributed by atoms with Gasteiger partial charge in [-0.3, -0.25) is 15.6 Å². The number of carbonyl (C=O) groups is 1. The third kappa shape index (κ3) is 3.04. The number of rotatable bonds is 2. The Morgan fingerprint density at radius 3 is 3.00 bits per heavy atom. The molecule has 3 N–H and O–H groups in total. The smallest absolute Gasteiger partial charge is 0.257 e. The highest BCUT2D eigenvalue weighted by atomic mass is 16.2. The topological polar surface area (TPSA) is 71.2 Å². The van der Waals surface area contributed by atoms with Gasteiger partial charge in [0.2, 0.25) is 0 Å². The molecule has 104 valence electrons. The van der Waals surface area contributed by atoms with Crippen LogP contribution < -0.4 is 11.3 Å². The molecule has 0 aromatic carbocycles. The van der Waals surface area contributed by atoms with E-state index < -0.39 is 0 Å². The van der Waals surface area contributed by atoms with Gasteiger partial charge in [-0.2, -0.15) is 0 Å². The maximum atomic E-state index is 12.6. The number of nitrogens with zero attached hydrogens (tertiary/aromatic N) is 2. The molecule has 1 saturated heterocycles. The van der Waals surface area contributed by atoms with E-state index in [-0.39, 0.29) is 11.9 Å². The van der Waals surface area contributed by atoms with E-state index in [0.717, 1.165) is 25.1 Å². The molecule has 0 spiro atoms. The summed E-state index contributed by atoms with van der Waals surface area (Å²) < 4.78 is 0. The minimum Gasteiger partial charge on any atom is -0.336 e. The van der Waals surface area contributed by atoms with Gasteiger partial charge < -0.3 is 10.3 Å². The van der Waals surface area contributed by atoms with Gasteiger partial charge in [0, 0.05) is 24.5 Å². The molecule has 1 aromatic rings. The van der Waals surface area contributed by atoms with Gasteiger partial charge in [0.05, 0.1) is 11.3 Å². The molecule has 0 aliphatic carbocycles. The Morgan fingerprint density at radius 1 is 1.47 bits per heavy atom. The molecule has 1 amide bonds. The maximum Gasteiger partial charge on any atom is 0.257 e. The van der Waals surface area contributed by atoms with Crippen molar-refractivity contribution >= 4 is 11.6 Å². The summed E-state index contributed by atoms with van der Waals surface area (Å²) >= 11 is 0. The van der Waals surface area contributed by atoms with Crippen molar-refractivity contribution in [2.45, 2.75) is 45.6 Å². The molecule has 0 bridgehead atoms. The van der Waals surface area contributed by atoms with E-state index in [9.17, 15) is 4.79 Å². The zero-order chi connectivity index (χ0) is 13.8. The fourth-order valence-corrected chi connectivity index (χ4v) is 2.58. The summed E-state index contributed by atoms with van der Waals surface area (Å²) in [6.07, 6.45) is 6.14. The number of anilines is 1. The molecular formula is C14H22N4O. The second kappa shape index (κ2) is 6.02. The number of pyridine rings is 1. The number of likely N-dealkylation sites (tertiary alicyclic amines) is 1. The van der Waals surface area contributed by atoms with Gasteiger partial charge in [0.25, 0.3) is 5.91 Å². The number of amides is 1. The van der Waals surface area contributed by atoms with Crippen LogP contribution in [0.5, 0.6) is 0 Å². The van der Waals surface area contributed by atoms with Crippen molar-refractivity contribution in [3.05, 3.63) is 23.5 Å². The highest BCUT2D eigenvalue weighted by molar-refractivity contribution is 5.99. The van der Waals surface area contributed by atoms with Gasteiger partial charge in [0.1, 0.15) is 0 Å². The van der Waals surface area contributed by atoms with E-state index in [1.807, 2.05) is 11.8 Å². The van der Waals surface area contributed by atoms with E-state index in [1.165, 1.54) is 12.8 Å². The number of hydrazine groups is 1.